The van der Waals surface area contributed by atoms with Crippen LogP contribution in [0.3, 0.4) is 0 Å². The molecule has 1 heterocycles. The van der Waals surface area contributed by atoms with Gasteiger partial charge in [0.2, 0.25) is 5.78 Å². The van der Waals surface area contributed by atoms with Gasteiger partial charge >= 0.3 is 5.97 Å². The Morgan fingerprint density at radius 3 is 2.34 bits per heavy atom. The number of nitro groups is 1. The average Bonchev–Trinajstić information content (AvgIpc) is 3.23. The number of hydrogen-bond acceptors (Lipinski definition) is 7. The summed E-state index contributed by atoms with van der Waals surface area (Å²) in [5, 5.41) is 16.8. The highest BCUT2D eigenvalue weighted by Gasteiger charge is 2.21. The van der Waals surface area contributed by atoms with E-state index < -0.39 is 16.7 Å². The van der Waals surface area contributed by atoms with Gasteiger partial charge < -0.3 is 9.40 Å². The number of aryl methyl sites for hydroxylation is 1. The molecule has 0 spiro atoms. The highest BCUT2D eigenvalue weighted by atomic mass is 32.2. The van der Waals surface area contributed by atoms with Crippen LogP contribution in [0.15, 0.2) is 71.9 Å². The number of benzene rings is 3. The molecule has 9 heteroatoms. The van der Waals surface area contributed by atoms with Crippen LogP contribution in [0.4, 0.5) is 5.69 Å². The highest BCUT2D eigenvalue weighted by Crippen LogP contribution is 2.33. The Bertz CT molecular complexity index is 1510. The first-order valence-electron chi connectivity index (χ1n) is 12.5. The van der Waals surface area contributed by atoms with E-state index in [2.05, 4.69) is 16.6 Å². The van der Waals surface area contributed by atoms with E-state index in [4.69, 9.17) is 4.84 Å². The smallest absolute Gasteiger partial charge is 0.332 e. The van der Waals surface area contributed by atoms with E-state index >= 15 is 0 Å². The first kappa shape index (κ1) is 27.1. The van der Waals surface area contributed by atoms with E-state index in [1.165, 1.54) is 32.3 Å². The van der Waals surface area contributed by atoms with Gasteiger partial charge in [-0.15, -0.1) is 0 Å². The summed E-state index contributed by atoms with van der Waals surface area (Å²) in [5.41, 5.74) is 2.61. The van der Waals surface area contributed by atoms with Crippen molar-refractivity contribution in [2.45, 2.75) is 39.7 Å². The number of Topliss-reactive ketones (excluding diaryl/α,β-unsaturated/α-hetero) is 1. The number of unbranched alkanes of at least 4 members (excludes halogenated alkanes) is 2. The molecule has 1 aromatic heterocycles. The molecule has 8 nitrogen and oxygen atoms in total. The fourth-order valence-corrected chi connectivity index (χ4v) is 5.29. The summed E-state index contributed by atoms with van der Waals surface area (Å²) < 4.78 is 2.15. The Morgan fingerprint density at radius 2 is 1.66 bits per heavy atom. The van der Waals surface area contributed by atoms with Crippen LogP contribution >= 0.6 is 11.8 Å². The number of carbonyl (C=O) groups excluding carboxylic acids is 2. The molecule has 4 rings (SSSR count). The van der Waals surface area contributed by atoms with Gasteiger partial charge in [0, 0.05) is 64.3 Å². The zero-order valence-electron chi connectivity index (χ0n) is 21.4. The lowest BCUT2D eigenvalue weighted by molar-refractivity contribution is -0.384. The molecule has 4 aromatic rings. The third kappa shape index (κ3) is 6.11. The molecule has 0 unspecified atom stereocenters. The van der Waals surface area contributed by atoms with Crippen LogP contribution in [0.2, 0.25) is 0 Å². The molecule has 196 valence electrons. The second-order valence-corrected chi connectivity index (χ2v) is 10.1. The maximum Gasteiger partial charge on any atom is 0.332 e. The Hall–Kier alpha value is -3.98. The largest absolute Gasteiger partial charge is 0.340 e. The minimum Gasteiger partial charge on any atom is -0.340 e. The van der Waals surface area contributed by atoms with Crippen molar-refractivity contribution in [2.75, 3.05) is 11.5 Å². The van der Waals surface area contributed by atoms with Gasteiger partial charge in [0.25, 0.3) is 5.69 Å². The van der Waals surface area contributed by atoms with Gasteiger partial charge in [-0.05, 0) is 36.4 Å². The van der Waals surface area contributed by atoms with Crippen molar-refractivity contribution in [3.63, 3.8) is 0 Å². The second kappa shape index (κ2) is 12.5. The predicted molar refractivity (Wildman–Crippen MR) is 152 cm³/mol. The van der Waals surface area contributed by atoms with Crippen LogP contribution < -0.4 is 0 Å². The monoisotopic (exact) mass is 531 g/mol. The van der Waals surface area contributed by atoms with Crippen LogP contribution in [-0.2, 0) is 16.2 Å². The van der Waals surface area contributed by atoms with E-state index in [9.17, 15) is 19.7 Å². The lowest BCUT2D eigenvalue weighted by Gasteiger charge is -2.09. The fourth-order valence-electron chi connectivity index (χ4n) is 4.37. The summed E-state index contributed by atoms with van der Waals surface area (Å²) in [6, 6.07) is 18.9. The number of nitrogens with zero attached hydrogens (tertiary/aromatic N) is 3. The SMILES string of the molecule is CCCCCSCCn1c2ccc(C(=O)/C(=N/OC(C)=O)c3ccccc3)cc2c2cc([N+](=O)[O-])ccc21. The highest BCUT2D eigenvalue weighted by molar-refractivity contribution is 7.99. The van der Waals surface area contributed by atoms with Crippen molar-refractivity contribution >= 4 is 56.7 Å². The molecule has 0 saturated carbocycles. The van der Waals surface area contributed by atoms with Crippen LogP contribution in [0.1, 0.15) is 49.0 Å². The topological polar surface area (TPSA) is 104 Å². The first-order valence-corrected chi connectivity index (χ1v) is 13.7. The fraction of sp³-hybridized carbons (Fsp3) is 0.276. The van der Waals surface area contributed by atoms with Crippen molar-refractivity contribution in [1.29, 1.82) is 0 Å². The minimum atomic E-state index is -0.635. The molecular weight excluding hydrogens is 502 g/mol. The van der Waals surface area contributed by atoms with Crippen molar-refractivity contribution in [3.05, 3.63) is 88.0 Å². The van der Waals surface area contributed by atoms with Crippen LogP contribution in [-0.4, -0.2) is 38.5 Å². The number of ketones is 1. The normalized spacial score (nSPS) is 11.7. The number of rotatable bonds is 12. The van der Waals surface area contributed by atoms with Gasteiger partial charge in [-0.1, -0.05) is 55.3 Å². The molecule has 3 aromatic carbocycles. The minimum absolute atomic E-state index is 0.00153. The Balaban J connectivity index is 1.76. The summed E-state index contributed by atoms with van der Waals surface area (Å²) in [5.74, 6) is 0.953. The Morgan fingerprint density at radius 1 is 0.947 bits per heavy atom. The van der Waals surface area contributed by atoms with Gasteiger partial charge in [0.05, 0.1) is 4.92 Å². The quantitative estimate of drug-likeness (QED) is 0.0499. The summed E-state index contributed by atoms with van der Waals surface area (Å²) in [7, 11) is 0. The summed E-state index contributed by atoms with van der Waals surface area (Å²) in [6.07, 6.45) is 3.59. The number of carbonyl (C=O) groups is 2. The van der Waals surface area contributed by atoms with Crippen LogP contribution in [0.25, 0.3) is 21.8 Å². The molecule has 0 radical (unpaired) electrons. The van der Waals surface area contributed by atoms with Crippen molar-refractivity contribution in [3.8, 4) is 0 Å². The molecular formula is C29H29N3O5S. The molecule has 0 saturated heterocycles. The van der Waals surface area contributed by atoms with Gasteiger partial charge in [0.1, 0.15) is 0 Å². The summed E-state index contributed by atoms with van der Waals surface area (Å²) in [6.45, 7) is 4.14. The molecule has 0 amide bonds. The van der Waals surface area contributed by atoms with Gasteiger partial charge in [-0.2, -0.15) is 11.8 Å². The molecule has 0 N–H and O–H groups in total. The van der Waals surface area contributed by atoms with E-state index in [0.717, 1.165) is 34.5 Å². The summed E-state index contributed by atoms with van der Waals surface area (Å²) in [4.78, 5) is 40.9. The maximum absolute atomic E-state index is 13.6. The summed E-state index contributed by atoms with van der Waals surface area (Å²) >= 11 is 1.89. The molecule has 0 aliphatic heterocycles. The Labute approximate surface area is 224 Å². The third-order valence-corrected chi connectivity index (χ3v) is 7.25. The zero-order chi connectivity index (χ0) is 27.1. The van der Waals surface area contributed by atoms with E-state index in [1.54, 1.807) is 48.5 Å². The van der Waals surface area contributed by atoms with E-state index in [0.29, 0.717) is 16.5 Å². The third-order valence-electron chi connectivity index (χ3n) is 6.20. The number of nitro benzene ring substituents is 1. The van der Waals surface area contributed by atoms with E-state index in [1.807, 2.05) is 23.9 Å². The lowest BCUT2D eigenvalue weighted by Crippen LogP contribution is -2.17. The van der Waals surface area contributed by atoms with E-state index in [-0.39, 0.29) is 11.4 Å². The van der Waals surface area contributed by atoms with Crippen molar-refractivity contribution < 1.29 is 19.3 Å². The predicted octanol–water partition coefficient (Wildman–Crippen LogP) is 6.78. The molecule has 38 heavy (non-hydrogen) atoms. The lowest BCUT2D eigenvalue weighted by atomic mass is 9.99. The molecule has 0 bridgehead atoms. The molecule has 0 aliphatic rings. The number of aromatic nitrogens is 1. The maximum atomic E-state index is 13.6. The number of thioether (sulfide) groups is 1. The molecule has 0 aliphatic carbocycles. The Kier molecular flexibility index (Phi) is 8.91. The average molecular weight is 532 g/mol. The van der Waals surface area contributed by atoms with Crippen molar-refractivity contribution in [2.24, 2.45) is 5.16 Å². The standard InChI is InChI=1S/C29H29N3O5S/c1-3-4-8-16-38-17-15-31-26-13-11-22(18-24(26)25-19-23(32(35)36)12-14-27(25)31)29(34)28(30-37-20(2)33)21-9-6-5-7-10-21/h5-7,9-14,18-19H,3-4,8,15-17H2,1-2H3/b30-28+. The van der Waals surface area contributed by atoms with Gasteiger partial charge in [-0.25, -0.2) is 4.79 Å². The number of hydrogen-bond donors (Lipinski definition) is 0. The van der Waals surface area contributed by atoms with Gasteiger partial charge in [-0.3, -0.25) is 14.9 Å². The van der Waals surface area contributed by atoms with Gasteiger partial charge in [0.15, 0.2) is 5.71 Å². The zero-order valence-corrected chi connectivity index (χ0v) is 22.2. The number of oxime groups is 1. The van der Waals surface area contributed by atoms with Crippen LogP contribution in [0, 0.1) is 10.1 Å². The van der Waals surface area contributed by atoms with Crippen LogP contribution in [0.5, 0.6) is 0 Å². The van der Waals surface area contributed by atoms with Crippen molar-refractivity contribution in [1.82, 2.24) is 4.57 Å². The molecule has 0 fully saturated rings. The number of non-ortho nitro benzene ring substituents is 1. The second-order valence-electron chi connectivity index (χ2n) is 8.88. The number of fused-ring (bicyclic) bond motifs is 3. The first-order chi connectivity index (χ1) is 18.4. The molecule has 0 atom stereocenters.